The summed E-state index contributed by atoms with van der Waals surface area (Å²) in [5.74, 6) is 6.27. The van der Waals surface area contributed by atoms with Gasteiger partial charge in [-0.05, 0) is 38.1 Å². The summed E-state index contributed by atoms with van der Waals surface area (Å²) in [5.41, 5.74) is 7.83. The van der Waals surface area contributed by atoms with Crippen molar-refractivity contribution in [2.75, 3.05) is 12.8 Å². The van der Waals surface area contributed by atoms with Gasteiger partial charge in [0.15, 0.2) is 5.82 Å². The zero-order valence-electron chi connectivity index (χ0n) is 16.5. The van der Waals surface area contributed by atoms with Gasteiger partial charge in [-0.25, -0.2) is 15.0 Å². The molecule has 29 heavy (non-hydrogen) atoms. The fourth-order valence-electron chi connectivity index (χ4n) is 3.50. The maximum Gasteiger partial charge on any atom is 0.267 e. The molecule has 7 nitrogen and oxygen atoms in total. The number of anilines is 1. The van der Waals surface area contributed by atoms with Crippen molar-refractivity contribution < 1.29 is 9.90 Å². The molecular formula is C22H21N5O2. The SMILES string of the molecule is Cc1nc(N)c2nc(-c3cccc(C#C[C@@]4(O)C[C@H](C)N(C)C4=O)c3)ccc2n1. The molecule has 0 bridgehead atoms. The molecule has 1 fully saturated rings. The Morgan fingerprint density at radius 2 is 2.03 bits per heavy atom. The number of carbonyl (C=O) groups is 1. The molecule has 3 aromatic rings. The number of fused-ring (bicyclic) bond motifs is 1. The minimum absolute atomic E-state index is 0.0498. The van der Waals surface area contributed by atoms with Crippen LogP contribution >= 0.6 is 0 Å². The number of pyridine rings is 1. The van der Waals surface area contributed by atoms with Gasteiger partial charge in [0.1, 0.15) is 11.3 Å². The highest BCUT2D eigenvalue weighted by Crippen LogP contribution is 2.27. The Labute approximate surface area is 168 Å². The number of hydrogen-bond donors (Lipinski definition) is 2. The van der Waals surface area contributed by atoms with Gasteiger partial charge in [-0.15, -0.1) is 0 Å². The Hall–Kier alpha value is -3.50. The van der Waals surface area contributed by atoms with Gasteiger partial charge in [0.2, 0.25) is 5.60 Å². The molecule has 0 spiro atoms. The zero-order chi connectivity index (χ0) is 20.8. The van der Waals surface area contributed by atoms with Crippen LogP contribution in [0.4, 0.5) is 5.82 Å². The summed E-state index contributed by atoms with van der Waals surface area (Å²) in [6.45, 7) is 3.67. The second kappa shape index (κ2) is 6.83. The van der Waals surface area contributed by atoms with Crippen molar-refractivity contribution in [2.24, 2.45) is 0 Å². The van der Waals surface area contributed by atoms with Crippen molar-refractivity contribution in [2.45, 2.75) is 31.9 Å². The monoisotopic (exact) mass is 387 g/mol. The number of likely N-dealkylation sites (N-methyl/N-ethyl adjacent to an activating group) is 1. The number of amides is 1. The van der Waals surface area contributed by atoms with E-state index in [1.807, 2.05) is 43.3 Å². The van der Waals surface area contributed by atoms with Gasteiger partial charge in [-0.1, -0.05) is 24.0 Å². The van der Waals surface area contributed by atoms with Gasteiger partial charge in [-0.2, -0.15) is 0 Å². The minimum atomic E-state index is -1.64. The summed E-state index contributed by atoms with van der Waals surface area (Å²) < 4.78 is 0. The first-order chi connectivity index (χ1) is 13.8. The number of nitrogens with two attached hydrogens (primary N) is 1. The molecule has 3 heterocycles. The Morgan fingerprint density at radius 3 is 2.76 bits per heavy atom. The maximum absolute atomic E-state index is 12.3. The molecule has 0 radical (unpaired) electrons. The number of aromatic nitrogens is 3. The van der Waals surface area contributed by atoms with Crippen LogP contribution in [-0.4, -0.2) is 49.6 Å². The molecule has 1 aliphatic rings. The van der Waals surface area contributed by atoms with E-state index in [1.165, 1.54) is 4.90 Å². The normalized spacial score (nSPS) is 21.3. The number of rotatable bonds is 1. The standard InChI is InChI=1S/C22H21N5O2/c1-13-12-22(29,21(28)27(13)3)10-9-15-5-4-6-16(11-15)17-7-8-18-19(26-17)20(23)25-14(2)24-18/h4-8,11,13,29H,12H2,1-3H3,(H2,23,24,25)/t13-,22+/m0/s1. The molecule has 3 N–H and O–H groups in total. The first-order valence-electron chi connectivity index (χ1n) is 9.31. The molecule has 1 aliphatic heterocycles. The van der Waals surface area contributed by atoms with Crippen molar-refractivity contribution in [1.82, 2.24) is 19.9 Å². The summed E-state index contributed by atoms with van der Waals surface area (Å²) in [4.78, 5) is 26.9. The van der Waals surface area contributed by atoms with Crippen LogP contribution in [-0.2, 0) is 4.79 Å². The Bertz CT molecular complexity index is 1200. The van der Waals surface area contributed by atoms with E-state index in [0.717, 1.165) is 5.56 Å². The first kappa shape index (κ1) is 18.8. The highest BCUT2D eigenvalue weighted by atomic mass is 16.3. The largest absolute Gasteiger partial charge is 0.382 e. The van der Waals surface area contributed by atoms with Crippen molar-refractivity contribution in [3.05, 3.63) is 47.8 Å². The first-order valence-corrected chi connectivity index (χ1v) is 9.31. The lowest BCUT2D eigenvalue weighted by molar-refractivity contribution is -0.138. The van der Waals surface area contributed by atoms with Crippen LogP contribution in [0, 0.1) is 18.8 Å². The average molecular weight is 387 g/mol. The summed E-state index contributed by atoms with van der Waals surface area (Å²) in [5, 5.41) is 10.6. The lowest BCUT2D eigenvalue weighted by atomic mass is 10.00. The lowest BCUT2D eigenvalue weighted by Crippen LogP contribution is -2.37. The van der Waals surface area contributed by atoms with Gasteiger partial charge in [0, 0.05) is 30.6 Å². The Kier molecular flexibility index (Phi) is 4.44. The van der Waals surface area contributed by atoms with Gasteiger partial charge < -0.3 is 15.7 Å². The van der Waals surface area contributed by atoms with E-state index >= 15 is 0 Å². The smallest absolute Gasteiger partial charge is 0.267 e. The summed E-state index contributed by atoms with van der Waals surface area (Å²) >= 11 is 0. The lowest BCUT2D eigenvalue weighted by Gasteiger charge is -2.14. The van der Waals surface area contributed by atoms with Gasteiger partial charge in [0.05, 0.1) is 11.2 Å². The predicted molar refractivity (Wildman–Crippen MR) is 111 cm³/mol. The Morgan fingerprint density at radius 1 is 1.24 bits per heavy atom. The molecule has 2 aromatic heterocycles. The number of carbonyl (C=O) groups excluding carboxylic acids is 1. The third kappa shape index (κ3) is 3.39. The van der Waals surface area contributed by atoms with Crippen LogP contribution in [0.2, 0.25) is 0 Å². The van der Waals surface area contributed by atoms with Gasteiger partial charge in [-0.3, -0.25) is 4.79 Å². The van der Waals surface area contributed by atoms with E-state index in [2.05, 4.69) is 26.8 Å². The van der Waals surface area contributed by atoms with E-state index in [9.17, 15) is 9.90 Å². The maximum atomic E-state index is 12.3. The van der Waals surface area contributed by atoms with Crippen LogP contribution in [0.25, 0.3) is 22.3 Å². The van der Waals surface area contributed by atoms with Crippen LogP contribution in [0.1, 0.15) is 24.7 Å². The van der Waals surface area contributed by atoms with Crippen LogP contribution in [0.5, 0.6) is 0 Å². The fraction of sp³-hybridized carbons (Fsp3) is 0.273. The number of hydrogen-bond acceptors (Lipinski definition) is 6. The van der Waals surface area contributed by atoms with E-state index in [4.69, 9.17) is 5.73 Å². The molecule has 7 heteroatoms. The quantitative estimate of drug-likeness (QED) is 0.618. The van der Waals surface area contributed by atoms with Crippen molar-refractivity contribution in [3.8, 4) is 23.1 Å². The molecule has 4 rings (SSSR count). The molecule has 0 saturated carbocycles. The molecule has 1 aromatic carbocycles. The van der Waals surface area contributed by atoms with Gasteiger partial charge in [0.25, 0.3) is 5.91 Å². The number of aryl methyl sites for hydroxylation is 1. The fourth-order valence-corrected chi connectivity index (χ4v) is 3.50. The molecule has 0 aliphatic carbocycles. The highest BCUT2D eigenvalue weighted by molar-refractivity contribution is 5.91. The third-order valence-corrected chi connectivity index (χ3v) is 5.18. The predicted octanol–water partition coefficient (Wildman–Crippen LogP) is 1.92. The molecular weight excluding hydrogens is 366 g/mol. The topological polar surface area (TPSA) is 105 Å². The zero-order valence-corrected chi connectivity index (χ0v) is 16.5. The minimum Gasteiger partial charge on any atom is -0.382 e. The third-order valence-electron chi connectivity index (χ3n) is 5.18. The number of nitrogens with zero attached hydrogens (tertiary/aromatic N) is 4. The summed E-state index contributed by atoms with van der Waals surface area (Å²) in [6.07, 6.45) is 0.292. The van der Waals surface area contributed by atoms with Crippen LogP contribution < -0.4 is 5.73 Å². The van der Waals surface area contributed by atoms with E-state index < -0.39 is 5.60 Å². The number of aliphatic hydroxyl groups is 1. The second-order valence-corrected chi connectivity index (χ2v) is 7.38. The number of likely N-dealkylation sites (tertiary alicyclic amines) is 1. The van der Waals surface area contributed by atoms with Crippen molar-refractivity contribution in [1.29, 1.82) is 0 Å². The van der Waals surface area contributed by atoms with E-state index in [1.54, 1.807) is 14.0 Å². The highest BCUT2D eigenvalue weighted by Gasteiger charge is 2.46. The molecule has 2 atom stereocenters. The molecule has 0 unspecified atom stereocenters. The summed E-state index contributed by atoms with van der Waals surface area (Å²) in [7, 11) is 1.68. The molecule has 1 saturated heterocycles. The molecule has 1 amide bonds. The van der Waals surface area contributed by atoms with Crippen LogP contribution in [0.3, 0.4) is 0 Å². The van der Waals surface area contributed by atoms with E-state index in [0.29, 0.717) is 40.4 Å². The van der Waals surface area contributed by atoms with Crippen molar-refractivity contribution in [3.63, 3.8) is 0 Å². The van der Waals surface area contributed by atoms with Crippen molar-refractivity contribution >= 4 is 22.8 Å². The van der Waals surface area contributed by atoms with Gasteiger partial charge >= 0.3 is 0 Å². The molecule has 146 valence electrons. The second-order valence-electron chi connectivity index (χ2n) is 7.38. The van der Waals surface area contributed by atoms with E-state index in [-0.39, 0.29) is 11.9 Å². The average Bonchev–Trinajstić information content (AvgIpc) is 2.89. The number of benzene rings is 1. The van der Waals surface area contributed by atoms with Crippen LogP contribution in [0.15, 0.2) is 36.4 Å². The Balaban J connectivity index is 1.69. The summed E-state index contributed by atoms with van der Waals surface area (Å²) in [6, 6.07) is 11.1. The number of nitrogen functional groups attached to an aromatic ring is 1.